The zero-order valence-corrected chi connectivity index (χ0v) is 12.2. The first-order valence-corrected chi connectivity index (χ1v) is 6.42. The minimum atomic E-state index is -0.928. The Balaban J connectivity index is 2.67. The molecule has 114 valence electrons. The summed E-state index contributed by atoms with van der Waals surface area (Å²) in [6.07, 6.45) is 0.292. The molecule has 0 aliphatic heterocycles. The summed E-state index contributed by atoms with van der Waals surface area (Å²) in [5.74, 6) is -1.31. The summed E-state index contributed by atoms with van der Waals surface area (Å²) in [5, 5.41) is 22.3. The van der Waals surface area contributed by atoms with Crippen LogP contribution in [0.4, 0.5) is 5.69 Å². The molecule has 0 atom stereocenters. The minimum absolute atomic E-state index is 0.0430. The Morgan fingerprint density at radius 2 is 2.00 bits per heavy atom. The lowest BCUT2D eigenvalue weighted by atomic mass is 9.89. The number of nitrogens with zero attached hydrogens (tertiary/aromatic N) is 1. The Morgan fingerprint density at radius 1 is 1.38 bits per heavy atom. The lowest BCUT2D eigenvalue weighted by Gasteiger charge is -2.18. The van der Waals surface area contributed by atoms with Crippen LogP contribution in [-0.4, -0.2) is 28.5 Å². The normalized spacial score (nSPS) is 11.0. The van der Waals surface area contributed by atoms with Crippen molar-refractivity contribution in [3.63, 3.8) is 0 Å². The van der Waals surface area contributed by atoms with Gasteiger partial charge in [0, 0.05) is 23.7 Å². The first-order chi connectivity index (χ1) is 9.65. The molecule has 1 amide bonds. The largest absolute Gasteiger partial charge is 0.481 e. The van der Waals surface area contributed by atoms with E-state index in [1.165, 1.54) is 18.2 Å². The van der Waals surface area contributed by atoms with E-state index in [4.69, 9.17) is 5.11 Å². The summed E-state index contributed by atoms with van der Waals surface area (Å²) in [6.45, 7) is 4.94. The van der Waals surface area contributed by atoms with Gasteiger partial charge in [0.15, 0.2) is 0 Å². The van der Waals surface area contributed by atoms with Gasteiger partial charge in [0.25, 0.3) is 11.6 Å². The smallest absolute Gasteiger partial charge is 0.309 e. The number of aliphatic carboxylic acids is 1. The molecular weight excluding hydrogens is 276 g/mol. The van der Waals surface area contributed by atoms with Gasteiger partial charge < -0.3 is 10.4 Å². The number of carbonyl (C=O) groups is 2. The Morgan fingerprint density at radius 3 is 2.48 bits per heavy atom. The summed E-state index contributed by atoms with van der Waals surface area (Å²) in [5.41, 5.74) is -0.248. The molecule has 0 aliphatic carbocycles. The van der Waals surface area contributed by atoms with Gasteiger partial charge in [-0.05, 0) is 39.3 Å². The molecule has 0 fully saturated rings. The Kier molecular flexibility index (Phi) is 5.02. The number of nitro benzene ring substituents is 1. The molecule has 0 spiro atoms. The molecule has 0 aliphatic rings. The third-order valence-electron chi connectivity index (χ3n) is 3.27. The monoisotopic (exact) mass is 294 g/mol. The number of nitro groups is 1. The summed E-state index contributed by atoms with van der Waals surface area (Å²) in [4.78, 5) is 33.0. The van der Waals surface area contributed by atoms with Gasteiger partial charge >= 0.3 is 5.97 Å². The van der Waals surface area contributed by atoms with Crippen LogP contribution in [0.25, 0.3) is 0 Å². The highest BCUT2D eigenvalue weighted by Gasteiger charge is 2.26. The molecule has 21 heavy (non-hydrogen) atoms. The number of amides is 1. The fraction of sp³-hybridized carbons (Fsp3) is 0.429. The van der Waals surface area contributed by atoms with Gasteiger partial charge in [-0.15, -0.1) is 0 Å². The predicted molar refractivity (Wildman–Crippen MR) is 76.2 cm³/mol. The van der Waals surface area contributed by atoms with Crippen LogP contribution in [0.3, 0.4) is 0 Å². The van der Waals surface area contributed by atoms with Crippen LogP contribution < -0.4 is 5.32 Å². The summed E-state index contributed by atoms with van der Waals surface area (Å²) in [7, 11) is 0. The summed E-state index contributed by atoms with van der Waals surface area (Å²) < 4.78 is 0. The van der Waals surface area contributed by atoms with Crippen molar-refractivity contribution >= 4 is 17.6 Å². The second kappa shape index (κ2) is 6.34. The van der Waals surface area contributed by atoms with E-state index in [1.807, 2.05) is 0 Å². The van der Waals surface area contributed by atoms with E-state index in [9.17, 15) is 19.7 Å². The van der Waals surface area contributed by atoms with Crippen LogP contribution in [0, 0.1) is 22.5 Å². The lowest BCUT2D eigenvalue weighted by Crippen LogP contribution is -2.32. The van der Waals surface area contributed by atoms with Crippen LogP contribution in [-0.2, 0) is 4.79 Å². The van der Waals surface area contributed by atoms with E-state index < -0.39 is 16.3 Å². The molecule has 1 rings (SSSR count). The van der Waals surface area contributed by atoms with Crippen LogP contribution in [0.15, 0.2) is 18.2 Å². The molecule has 0 aromatic heterocycles. The lowest BCUT2D eigenvalue weighted by molar-refractivity contribution is -0.385. The number of aryl methyl sites for hydroxylation is 1. The molecule has 0 radical (unpaired) electrons. The van der Waals surface area contributed by atoms with E-state index in [1.54, 1.807) is 20.8 Å². The topological polar surface area (TPSA) is 110 Å². The van der Waals surface area contributed by atoms with E-state index >= 15 is 0 Å². The Bertz CT molecular complexity index is 581. The van der Waals surface area contributed by atoms with Crippen LogP contribution >= 0.6 is 0 Å². The number of hydrogen-bond donors (Lipinski definition) is 2. The second-order valence-electron chi connectivity index (χ2n) is 5.45. The average Bonchev–Trinajstić information content (AvgIpc) is 2.37. The number of carboxylic acids is 1. The van der Waals surface area contributed by atoms with Gasteiger partial charge in [-0.3, -0.25) is 19.7 Å². The molecule has 1 aromatic carbocycles. The molecule has 7 heteroatoms. The van der Waals surface area contributed by atoms with Crippen molar-refractivity contribution in [2.45, 2.75) is 27.2 Å². The SMILES string of the molecule is Cc1cc(C(=O)NCCC(C)(C)C(=O)O)ccc1[N+](=O)[O-]. The molecule has 7 nitrogen and oxygen atoms in total. The molecule has 0 saturated carbocycles. The number of benzene rings is 1. The van der Waals surface area contributed by atoms with Crippen molar-refractivity contribution in [3.8, 4) is 0 Å². The quantitative estimate of drug-likeness (QED) is 0.617. The first kappa shape index (κ1) is 16.6. The van der Waals surface area contributed by atoms with Crippen molar-refractivity contribution in [3.05, 3.63) is 39.4 Å². The van der Waals surface area contributed by atoms with Gasteiger partial charge in [-0.1, -0.05) is 0 Å². The van der Waals surface area contributed by atoms with Gasteiger partial charge in [0.05, 0.1) is 10.3 Å². The maximum atomic E-state index is 11.9. The van der Waals surface area contributed by atoms with Crippen molar-refractivity contribution in [1.82, 2.24) is 5.32 Å². The highest BCUT2D eigenvalue weighted by atomic mass is 16.6. The summed E-state index contributed by atoms with van der Waals surface area (Å²) >= 11 is 0. The first-order valence-electron chi connectivity index (χ1n) is 6.42. The number of carboxylic acid groups (broad SMARTS) is 1. The highest BCUT2D eigenvalue weighted by molar-refractivity contribution is 5.94. The average molecular weight is 294 g/mol. The standard InChI is InChI=1S/C14H18N2O5/c1-9-8-10(4-5-11(9)16(20)21)12(17)15-7-6-14(2,3)13(18)19/h4-5,8H,6-7H2,1-3H3,(H,15,17)(H,18,19). The van der Waals surface area contributed by atoms with Crippen LogP contribution in [0.1, 0.15) is 36.2 Å². The minimum Gasteiger partial charge on any atom is -0.481 e. The van der Waals surface area contributed by atoms with E-state index in [-0.39, 0.29) is 18.1 Å². The number of carbonyl (C=O) groups excluding carboxylic acids is 1. The maximum absolute atomic E-state index is 11.9. The third kappa shape index (κ3) is 4.27. The van der Waals surface area contributed by atoms with Crippen molar-refractivity contribution in [1.29, 1.82) is 0 Å². The molecule has 0 heterocycles. The third-order valence-corrected chi connectivity index (χ3v) is 3.27. The Hall–Kier alpha value is -2.44. The fourth-order valence-corrected chi connectivity index (χ4v) is 1.70. The van der Waals surface area contributed by atoms with E-state index in [2.05, 4.69) is 5.32 Å². The number of nitrogens with one attached hydrogen (secondary N) is 1. The summed E-state index contributed by atoms with van der Waals surface area (Å²) in [6, 6.07) is 4.10. The van der Waals surface area contributed by atoms with Gasteiger partial charge in [-0.2, -0.15) is 0 Å². The van der Waals surface area contributed by atoms with Crippen LogP contribution in [0.5, 0.6) is 0 Å². The van der Waals surface area contributed by atoms with Crippen LogP contribution in [0.2, 0.25) is 0 Å². The van der Waals surface area contributed by atoms with Crippen molar-refractivity contribution in [2.24, 2.45) is 5.41 Å². The molecule has 0 saturated heterocycles. The maximum Gasteiger partial charge on any atom is 0.309 e. The molecular formula is C14H18N2O5. The number of hydrogen-bond acceptors (Lipinski definition) is 4. The van der Waals surface area contributed by atoms with Gasteiger partial charge in [0.1, 0.15) is 0 Å². The zero-order valence-electron chi connectivity index (χ0n) is 12.2. The molecule has 1 aromatic rings. The van der Waals surface area contributed by atoms with E-state index in [0.717, 1.165) is 0 Å². The fourth-order valence-electron chi connectivity index (χ4n) is 1.70. The predicted octanol–water partition coefficient (Wildman–Crippen LogP) is 2.13. The second-order valence-corrected chi connectivity index (χ2v) is 5.45. The van der Waals surface area contributed by atoms with Gasteiger partial charge in [-0.25, -0.2) is 0 Å². The highest BCUT2D eigenvalue weighted by Crippen LogP contribution is 2.20. The van der Waals surface area contributed by atoms with Crippen molar-refractivity contribution in [2.75, 3.05) is 6.54 Å². The Labute approximate surface area is 122 Å². The number of rotatable bonds is 6. The molecule has 0 unspecified atom stereocenters. The molecule has 2 N–H and O–H groups in total. The zero-order chi connectivity index (χ0) is 16.2. The van der Waals surface area contributed by atoms with Crippen molar-refractivity contribution < 1.29 is 19.6 Å². The molecule has 0 bridgehead atoms. The van der Waals surface area contributed by atoms with Gasteiger partial charge in [0.2, 0.25) is 0 Å². The van der Waals surface area contributed by atoms with E-state index in [0.29, 0.717) is 17.5 Å².